The van der Waals surface area contributed by atoms with Crippen LogP contribution in [0.3, 0.4) is 0 Å². The molecule has 0 bridgehead atoms. The van der Waals surface area contributed by atoms with Crippen LogP contribution >= 0.6 is 11.6 Å². The standard InChI is InChI=1S/C7H8ClN3/c1-10-7-5(4-9)6(8)2-3-11-7/h2-4,9H,1H3,(H,10,11). The molecule has 0 radical (unpaired) electrons. The number of hydrogen-bond acceptors (Lipinski definition) is 3. The van der Waals surface area contributed by atoms with Crippen molar-refractivity contribution in [1.29, 1.82) is 5.41 Å². The Balaban J connectivity index is 3.24. The first-order chi connectivity index (χ1) is 5.29. The van der Waals surface area contributed by atoms with Crippen molar-refractivity contribution in [3.8, 4) is 0 Å². The third-order valence-electron chi connectivity index (χ3n) is 1.32. The van der Waals surface area contributed by atoms with Gasteiger partial charge in [-0.25, -0.2) is 4.98 Å². The molecule has 0 saturated heterocycles. The van der Waals surface area contributed by atoms with Crippen molar-refractivity contribution in [3.05, 3.63) is 22.8 Å². The second-order valence-electron chi connectivity index (χ2n) is 1.95. The molecule has 0 aliphatic carbocycles. The van der Waals surface area contributed by atoms with Crippen LogP contribution in [-0.4, -0.2) is 18.2 Å². The van der Waals surface area contributed by atoms with Crippen LogP contribution in [0.1, 0.15) is 5.56 Å². The van der Waals surface area contributed by atoms with Gasteiger partial charge in [-0.3, -0.25) is 0 Å². The number of anilines is 1. The predicted octanol–water partition coefficient (Wildman–Crippen LogP) is 1.77. The lowest BCUT2D eigenvalue weighted by Gasteiger charge is -2.03. The molecular weight excluding hydrogens is 162 g/mol. The lowest BCUT2D eigenvalue weighted by atomic mass is 10.3. The lowest BCUT2D eigenvalue weighted by Crippen LogP contribution is -1.97. The molecular formula is C7H8ClN3. The van der Waals surface area contributed by atoms with E-state index in [1.165, 1.54) is 6.21 Å². The summed E-state index contributed by atoms with van der Waals surface area (Å²) in [6, 6.07) is 1.66. The number of pyridine rings is 1. The van der Waals surface area contributed by atoms with Gasteiger partial charge in [0.15, 0.2) is 0 Å². The predicted molar refractivity (Wildman–Crippen MR) is 46.7 cm³/mol. The summed E-state index contributed by atoms with van der Waals surface area (Å²) >= 11 is 5.78. The summed E-state index contributed by atoms with van der Waals surface area (Å²) in [5.41, 5.74) is 0.622. The normalized spacial score (nSPS) is 9.27. The molecule has 1 rings (SSSR count). The van der Waals surface area contributed by atoms with E-state index in [4.69, 9.17) is 17.0 Å². The fraction of sp³-hybridized carbons (Fsp3) is 0.143. The highest BCUT2D eigenvalue weighted by molar-refractivity contribution is 6.33. The number of nitrogens with zero attached hydrogens (tertiary/aromatic N) is 1. The Kier molecular flexibility index (Phi) is 2.44. The van der Waals surface area contributed by atoms with Crippen LogP contribution in [0.2, 0.25) is 5.02 Å². The van der Waals surface area contributed by atoms with Gasteiger partial charge in [0.1, 0.15) is 5.82 Å². The van der Waals surface area contributed by atoms with Crippen LogP contribution in [0.4, 0.5) is 5.82 Å². The van der Waals surface area contributed by atoms with E-state index in [-0.39, 0.29) is 0 Å². The molecule has 58 valence electrons. The van der Waals surface area contributed by atoms with Crippen molar-refractivity contribution >= 4 is 23.6 Å². The summed E-state index contributed by atoms with van der Waals surface area (Å²) in [6.45, 7) is 0. The van der Waals surface area contributed by atoms with Gasteiger partial charge in [0.05, 0.1) is 10.6 Å². The maximum absolute atomic E-state index is 7.04. The Bertz CT molecular complexity index is 272. The molecule has 4 heteroatoms. The Hall–Kier alpha value is -1.09. The Morgan fingerprint density at radius 2 is 2.45 bits per heavy atom. The highest BCUT2D eigenvalue weighted by Gasteiger charge is 2.02. The van der Waals surface area contributed by atoms with Crippen LogP contribution in [0.25, 0.3) is 0 Å². The van der Waals surface area contributed by atoms with Gasteiger partial charge >= 0.3 is 0 Å². The third-order valence-corrected chi connectivity index (χ3v) is 1.65. The molecule has 1 aromatic rings. The van der Waals surface area contributed by atoms with Crippen LogP contribution in [0.5, 0.6) is 0 Å². The lowest BCUT2D eigenvalue weighted by molar-refractivity contribution is 1.28. The van der Waals surface area contributed by atoms with Crippen LogP contribution < -0.4 is 5.32 Å². The van der Waals surface area contributed by atoms with E-state index in [1.807, 2.05) is 0 Å². The SMILES string of the molecule is CNc1nccc(Cl)c1C=N. The Morgan fingerprint density at radius 3 is 2.91 bits per heavy atom. The van der Waals surface area contributed by atoms with Crippen LogP contribution in [0, 0.1) is 5.41 Å². The van der Waals surface area contributed by atoms with E-state index in [0.717, 1.165) is 0 Å². The molecule has 0 amide bonds. The van der Waals surface area contributed by atoms with Crippen molar-refractivity contribution in [2.45, 2.75) is 0 Å². The number of hydrogen-bond donors (Lipinski definition) is 2. The van der Waals surface area contributed by atoms with Gasteiger partial charge in [0.2, 0.25) is 0 Å². The van der Waals surface area contributed by atoms with Gasteiger partial charge in [0, 0.05) is 19.5 Å². The molecule has 0 aromatic carbocycles. The third kappa shape index (κ3) is 1.49. The molecule has 0 aliphatic heterocycles. The Labute approximate surface area is 69.9 Å². The molecule has 0 fully saturated rings. The highest BCUT2D eigenvalue weighted by Crippen LogP contribution is 2.18. The molecule has 2 N–H and O–H groups in total. The zero-order valence-electron chi connectivity index (χ0n) is 6.06. The molecule has 1 aromatic heterocycles. The summed E-state index contributed by atoms with van der Waals surface area (Å²) in [6.07, 6.45) is 2.78. The van der Waals surface area contributed by atoms with Gasteiger partial charge < -0.3 is 10.7 Å². The molecule has 0 unspecified atom stereocenters. The highest BCUT2D eigenvalue weighted by atomic mass is 35.5. The van der Waals surface area contributed by atoms with Gasteiger partial charge in [-0.2, -0.15) is 0 Å². The summed E-state index contributed by atoms with van der Waals surface area (Å²) in [5.74, 6) is 0.632. The minimum absolute atomic E-state index is 0.541. The van der Waals surface area contributed by atoms with E-state index in [0.29, 0.717) is 16.4 Å². The summed E-state index contributed by atoms with van der Waals surface area (Å²) < 4.78 is 0. The number of nitrogens with one attached hydrogen (secondary N) is 2. The summed E-state index contributed by atoms with van der Waals surface area (Å²) in [4.78, 5) is 3.98. The van der Waals surface area contributed by atoms with Crippen molar-refractivity contribution in [2.75, 3.05) is 12.4 Å². The zero-order valence-corrected chi connectivity index (χ0v) is 6.81. The fourth-order valence-corrected chi connectivity index (χ4v) is 0.987. The van der Waals surface area contributed by atoms with Crippen molar-refractivity contribution in [1.82, 2.24) is 4.98 Å². The molecule has 3 nitrogen and oxygen atoms in total. The van der Waals surface area contributed by atoms with Gasteiger partial charge in [0.25, 0.3) is 0 Å². The molecule has 1 heterocycles. The van der Waals surface area contributed by atoms with Crippen molar-refractivity contribution in [3.63, 3.8) is 0 Å². The number of halogens is 1. The first kappa shape index (κ1) is 8.01. The smallest absolute Gasteiger partial charge is 0.136 e. The quantitative estimate of drug-likeness (QED) is 0.663. The molecule has 11 heavy (non-hydrogen) atoms. The zero-order chi connectivity index (χ0) is 8.27. The van der Waals surface area contributed by atoms with Gasteiger partial charge in [-0.1, -0.05) is 11.6 Å². The van der Waals surface area contributed by atoms with E-state index < -0.39 is 0 Å². The van der Waals surface area contributed by atoms with E-state index in [9.17, 15) is 0 Å². The largest absolute Gasteiger partial charge is 0.373 e. The summed E-state index contributed by atoms with van der Waals surface area (Å²) in [5, 5.41) is 10.4. The second kappa shape index (κ2) is 3.34. The maximum atomic E-state index is 7.04. The fourth-order valence-electron chi connectivity index (χ4n) is 0.786. The van der Waals surface area contributed by atoms with Crippen LogP contribution in [0.15, 0.2) is 12.3 Å². The maximum Gasteiger partial charge on any atom is 0.136 e. The van der Waals surface area contributed by atoms with E-state index in [1.54, 1.807) is 19.3 Å². The van der Waals surface area contributed by atoms with Crippen LogP contribution in [-0.2, 0) is 0 Å². The minimum atomic E-state index is 0.541. The van der Waals surface area contributed by atoms with E-state index >= 15 is 0 Å². The van der Waals surface area contributed by atoms with Crippen molar-refractivity contribution in [2.24, 2.45) is 0 Å². The summed E-state index contributed by atoms with van der Waals surface area (Å²) in [7, 11) is 1.74. The van der Waals surface area contributed by atoms with E-state index in [2.05, 4.69) is 10.3 Å². The molecule has 0 aliphatic rings. The minimum Gasteiger partial charge on any atom is -0.373 e. The Morgan fingerprint density at radius 1 is 1.73 bits per heavy atom. The first-order valence-electron chi connectivity index (χ1n) is 3.12. The second-order valence-corrected chi connectivity index (χ2v) is 2.36. The molecule has 0 spiro atoms. The molecule has 0 atom stereocenters. The van der Waals surface area contributed by atoms with Gasteiger partial charge in [-0.05, 0) is 6.07 Å². The van der Waals surface area contributed by atoms with Gasteiger partial charge in [-0.15, -0.1) is 0 Å². The number of aromatic nitrogens is 1. The monoisotopic (exact) mass is 169 g/mol. The first-order valence-corrected chi connectivity index (χ1v) is 3.50. The number of rotatable bonds is 2. The van der Waals surface area contributed by atoms with Crippen molar-refractivity contribution < 1.29 is 0 Å². The average Bonchev–Trinajstić information content (AvgIpc) is 2.04. The topological polar surface area (TPSA) is 48.8 Å². The molecule has 0 saturated carbocycles. The average molecular weight is 170 g/mol.